The van der Waals surface area contributed by atoms with Gasteiger partial charge in [0.15, 0.2) is 11.5 Å². The smallest absolute Gasteiger partial charge is 0.235 e. The first kappa shape index (κ1) is 20.0. The van der Waals surface area contributed by atoms with Crippen LogP contribution in [0.3, 0.4) is 0 Å². The number of ether oxygens (including phenoxy) is 2. The Hall–Kier alpha value is -2.95. The van der Waals surface area contributed by atoms with Crippen LogP contribution < -0.4 is 14.8 Å². The molecule has 1 amide bonds. The van der Waals surface area contributed by atoms with Crippen molar-refractivity contribution >= 4 is 22.5 Å². The maximum absolute atomic E-state index is 13.3. The minimum atomic E-state index is -0.472. The van der Waals surface area contributed by atoms with Crippen LogP contribution in [0.1, 0.15) is 58.2 Å². The topological polar surface area (TPSA) is 52.5 Å². The highest BCUT2D eigenvalue weighted by Crippen LogP contribution is 2.51. The predicted molar refractivity (Wildman–Crippen MR) is 123 cm³/mol. The first-order chi connectivity index (χ1) is 14.8. The maximum atomic E-state index is 13.3. The van der Waals surface area contributed by atoms with Gasteiger partial charge in [0, 0.05) is 34.2 Å². The van der Waals surface area contributed by atoms with Crippen molar-refractivity contribution in [1.29, 1.82) is 0 Å². The maximum Gasteiger partial charge on any atom is 0.235 e. The van der Waals surface area contributed by atoms with Crippen molar-refractivity contribution in [3.05, 3.63) is 53.7 Å². The van der Waals surface area contributed by atoms with Crippen molar-refractivity contribution < 1.29 is 14.3 Å². The average molecular weight is 419 g/mol. The number of aryl methyl sites for hydroxylation is 1. The summed E-state index contributed by atoms with van der Waals surface area (Å²) in [6.07, 6.45) is 2.78. The second-order valence-electron chi connectivity index (χ2n) is 9.81. The number of benzene rings is 2. The summed E-state index contributed by atoms with van der Waals surface area (Å²) in [6.45, 7) is 10.2. The molecule has 1 aliphatic heterocycles. The Morgan fingerprint density at radius 1 is 1.06 bits per heavy atom. The van der Waals surface area contributed by atoms with Gasteiger partial charge in [0.25, 0.3) is 0 Å². The van der Waals surface area contributed by atoms with E-state index in [2.05, 4.69) is 55.8 Å². The molecule has 5 rings (SSSR count). The molecule has 2 aromatic carbocycles. The highest BCUT2D eigenvalue weighted by Gasteiger charge is 2.51. The van der Waals surface area contributed by atoms with Crippen molar-refractivity contribution in [1.82, 2.24) is 4.57 Å². The third kappa shape index (κ3) is 3.36. The van der Waals surface area contributed by atoms with Gasteiger partial charge in [-0.15, -0.1) is 0 Å². The number of fused-ring (bicyclic) bond motifs is 2. The number of nitrogens with one attached hydrogen (secondary N) is 1. The number of aromatic nitrogens is 1. The van der Waals surface area contributed by atoms with Crippen LogP contribution in [-0.4, -0.2) is 17.3 Å². The lowest BCUT2D eigenvalue weighted by atomic mass is 9.92. The van der Waals surface area contributed by atoms with E-state index >= 15 is 0 Å². The van der Waals surface area contributed by atoms with E-state index in [1.165, 1.54) is 16.6 Å². The highest BCUT2D eigenvalue weighted by atomic mass is 16.7. The molecular formula is C26H30N2O3. The largest absolute Gasteiger partial charge is 0.454 e. The van der Waals surface area contributed by atoms with Crippen molar-refractivity contribution in [2.75, 3.05) is 12.1 Å². The zero-order valence-corrected chi connectivity index (χ0v) is 18.7. The molecule has 0 radical (unpaired) electrons. The van der Waals surface area contributed by atoms with Gasteiger partial charge in [0.2, 0.25) is 12.7 Å². The van der Waals surface area contributed by atoms with E-state index < -0.39 is 5.41 Å². The van der Waals surface area contributed by atoms with Crippen LogP contribution in [0.25, 0.3) is 10.9 Å². The lowest BCUT2D eigenvalue weighted by Crippen LogP contribution is -2.27. The summed E-state index contributed by atoms with van der Waals surface area (Å²) in [5.74, 6) is 1.52. The minimum absolute atomic E-state index is 0.0507. The standard InChI is InChI=1S/C26H30N2O3/c1-5-12-28-20-8-7-19(13-17(20)14-23(28)25(2,3)4)27-24(29)26(10-11-26)18-6-9-21-22(15-18)31-16-30-21/h6-9,13-15H,5,10-12,16H2,1-4H3,(H,27,29). The predicted octanol–water partition coefficient (Wildman–Crippen LogP) is 5.75. The van der Waals surface area contributed by atoms with Crippen LogP contribution in [0.2, 0.25) is 0 Å². The summed E-state index contributed by atoms with van der Waals surface area (Å²) in [4.78, 5) is 13.3. The first-order valence-electron chi connectivity index (χ1n) is 11.2. The van der Waals surface area contributed by atoms with E-state index in [4.69, 9.17) is 9.47 Å². The summed E-state index contributed by atoms with van der Waals surface area (Å²) >= 11 is 0. The van der Waals surface area contributed by atoms with Crippen LogP contribution in [0.4, 0.5) is 5.69 Å². The molecule has 1 saturated carbocycles. The molecule has 0 spiro atoms. The number of carbonyl (C=O) groups is 1. The minimum Gasteiger partial charge on any atom is -0.454 e. The highest BCUT2D eigenvalue weighted by molar-refractivity contribution is 6.02. The second kappa shape index (κ2) is 7.04. The van der Waals surface area contributed by atoms with E-state index in [1.807, 2.05) is 24.3 Å². The Balaban J connectivity index is 1.43. The number of hydrogen-bond acceptors (Lipinski definition) is 3. The molecule has 1 aliphatic carbocycles. The van der Waals surface area contributed by atoms with Gasteiger partial charge in [-0.2, -0.15) is 0 Å². The Morgan fingerprint density at radius 3 is 2.55 bits per heavy atom. The number of hydrogen-bond donors (Lipinski definition) is 1. The molecule has 0 bridgehead atoms. The summed E-state index contributed by atoms with van der Waals surface area (Å²) in [7, 11) is 0. The fourth-order valence-corrected chi connectivity index (χ4v) is 4.65. The quantitative estimate of drug-likeness (QED) is 0.574. The number of anilines is 1. The molecule has 1 N–H and O–H groups in total. The van der Waals surface area contributed by atoms with Gasteiger partial charge in [-0.25, -0.2) is 0 Å². The van der Waals surface area contributed by atoms with Gasteiger partial charge < -0.3 is 19.4 Å². The second-order valence-corrected chi connectivity index (χ2v) is 9.81. The SMILES string of the molecule is CCCn1c(C(C)(C)C)cc2cc(NC(=O)C3(c4ccc5c(c4)OCO5)CC3)ccc21. The van der Waals surface area contributed by atoms with Crippen LogP contribution in [0.5, 0.6) is 11.5 Å². The molecular weight excluding hydrogens is 388 g/mol. The van der Waals surface area contributed by atoms with E-state index in [1.54, 1.807) is 0 Å². The Kier molecular flexibility index (Phi) is 4.54. The normalized spacial score (nSPS) is 16.5. The molecule has 0 saturated heterocycles. The molecule has 31 heavy (non-hydrogen) atoms. The molecule has 5 nitrogen and oxygen atoms in total. The molecule has 0 unspecified atom stereocenters. The monoisotopic (exact) mass is 418 g/mol. The summed E-state index contributed by atoms with van der Waals surface area (Å²) in [5, 5.41) is 4.35. The molecule has 3 aromatic rings. The number of rotatable bonds is 5. The average Bonchev–Trinajstić information content (AvgIpc) is 3.27. The fraction of sp³-hybridized carbons (Fsp3) is 0.423. The van der Waals surface area contributed by atoms with Gasteiger partial charge in [0.05, 0.1) is 5.41 Å². The number of carbonyl (C=O) groups excluding carboxylic acids is 1. The summed E-state index contributed by atoms with van der Waals surface area (Å²) in [5.41, 5.74) is 3.99. The molecule has 1 aromatic heterocycles. The Bertz CT molecular complexity index is 1170. The molecule has 0 atom stereocenters. The number of amides is 1. The van der Waals surface area contributed by atoms with E-state index in [-0.39, 0.29) is 18.1 Å². The zero-order valence-electron chi connectivity index (χ0n) is 18.7. The van der Waals surface area contributed by atoms with Crippen LogP contribution in [0.15, 0.2) is 42.5 Å². The first-order valence-corrected chi connectivity index (χ1v) is 11.2. The lowest BCUT2D eigenvalue weighted by Gasteiger charge is -2.21. The van der Waals surface area contributed by atoms with Gasteiger partial charge >= 0.3 is 0 Å². The van der Waals surface area contributed by atoms with Crippen LogP contribution in [0, 0.1) is 0 Å². The molecule has 5 heteroatoms. The fourth-order valence-electron chi connectivity index (χ4n) is 4.65. The Morgan fingerprint density at radius 2 is 1.84 bits per heavy atom. The van der Waals surface area contributed by atoms with E-state index in [0.29, 0.717) is 0 Å². The molecule has 2 heterocycles. The number of nitrogens with zero attached hydrogens (tertiary/aromatic N) is 1. The third-order valence-corrected chi connectivity index (χ3v) is 6.48. The molecule has 162 valence electrons. The van der Waals surface area contributed by atoms with Crippen molar-refractivity contribution in [3.63, 3.8) is 0 Å². The van der Waals surface area contributed by atoms with Gasteiger partial charge in [-0.1, -0.05) is 33.8 Å². The van der Waals surface area contributed by atoms with Crippen LogP contribution >= 0.6 is 0 Å². The summed E-state index contributed by atoms with van der Waals surface area (Å²) in [6, 6.07) is 14.4. The van der Waals surface area contributed by atoms with Crippen molar-refractivity contribution in [2.45, 2.75) is 64.3 Å². The van der Waals surface area contributed by atoms with Crippen molar-refractivity contribution in [3.8, 4) is 11.5 Å². The van der Waals surface area contributed by atoms with Gasteiger partial charge in [0.1, 0.15) is 0 Å². The lowest BCUT2D eigenvalue weighted by molar-refractivity contribution is -0.118. The van der Waals surface area contributed by atoms with E-state index in [0.717, 1.165) is 48.6 Å². The van der Waals surface area contributed by atoms with E-state index in [9.17, 15) is 4.79 Å². The van der Waals surface area contributed by atoms with Gasteiger partial charge in [-0.05, 0) is 61.2 Å². The summed E-state index contributed by atoms with van der Waals surface area (Å²) < 4.78 is 13.3. The third-order valence-electron chi connectivity index (χ3n) is 6.48. The van der Waals surface area contributed by atoms with Crippen molar-refractivity contribution in [2.24, 2.45) is 0 Å². The van der Waals surface area contributed by atoms with Gasteiger partial charge in [-0.3, -0.25) is 4.79 Å². The zero-order chi connectivity index (χ0) is 21.8. The molecule has 2 aliphatic rings. The van der Waals surface area contributed by atoms with Crippen LogP contribution in [-0.2, 0) is 22.2 Å². The Labute approximate surface area is 183 Å². The molecule has 1 fully saturated rings.